The number of hydrogen-bond acceptors (Lipinski definition) is 2. The minimum atomic E-state index is -0.113. The first-order chi connectivity index (χ1) is 9.47. The van der Waals surface area contributed by atoms with E-state index in [2.05, 4.69) is 21.2 Å². The molecule has 1 aromatic heterocycles. The van der Waals surface area contributed by atoms with Crippen molar-refractivity contribution in [2.75, 3.05) is 0 Å². The van der Waals surface area contributed by atoms with Gasteiger partial charge in [0.15, 0.2) is 0 Å². The maximum Gasteiger partial charge on any atom is 0.268 e. The molecule has 2 N–H and O–H groups in total. The highest BCUT2D eigenvalue weighted by atomic mass is 79.9. The van der Waals surface area contributed by atoms with Crippen LogP contribution in [0.2, 0.25) is 0 Å². The second-order valence-corrected chi connectivity index (χ2v) is 5.81. The molecule has 2 rings (SSSR count). The van der Waals surface area contributed by atoms with Gasteiger partial charge in [0, 0.05) is 23.3 Å². The summed E-state index contributed by atoms with van der Waals surface area (Å²) in [5.74, 6) is 0.107. The summed E-state index contributed by atoms with van der Waals surface area (Å²) in [5, 5.41) is 12.1. The van der Waals surface area contributed by atoms with Crippen molar-refractivity contribution in [2.24, 2.45) is 0 Å². The third-order valence-electron chi connectivity index (χ3n) is 2.99. The van der Waals surface area contributed by atoms with Crippen LogP contribution in [0.3, 0.4) is 0 Å². The van der Waals surface area contributed by atoms with Gasteiger partial charge in [-0.2, -0.15) is 0 Å². The summed E-state index contributed by atoms with van der Waals surface area (Å²) in [4.78, 5) is 12.2. The van der Waals surface area contributed by atoms with Gasteiger partial charge in [-0.05, 0) is 53.5 Å². The molecule has 0 atom stereocenters. The molecule has 0 fully saturated rings. The Kier molecular flexibility index (Phi) is 4.49. The van der Waals surface area contributed by atoms with E-state index in [1.54, 1.807) is 24.3 Å². The van der Waals surface area contributed by atoms with E-state index in [0.29, 0.717) is 12.2 Å². The van der Waals surface area contributed by atoms with E-state index in [1.807, 2.05) is 30.7 Å². The van der Waals surface area contributed by atoms with Crippen LogP contribution in [0.15, 0.2) is 41.0 Å². The highest BCUT2D eigenvalue weighted by molar-refractivity contribution is 9.10. The molecule has 1 heterocycles. The number of amides is 1. The summed E-state index contributed by atoms with van der Waals surface area (Å²) in [5.41, 5.74) is 1.57. The van der Waals surface area contributed by atoms with Crippen LogP contribution < -0.4 is 5.32 Å². The average molecular weight is 337 g/mol. The van der Waals surface area contributed by atoms with Crippen molar-refractivity contribution in [3.8, 4) is 5.75 Å². The monoisotopic (exact) mass is 336 g/mol. The minimum Gasteiger partial charge on any atom is -0.508 e. The maximum atomic E-state index is 12.2. The molecule has 4 nitrogen and oxygen atoms in total. The fourth-order valence-corrected chi connectivity index (χ4v) is 2.38. The molecule has 1 amide bonds. The molecule has 0 aliphatic carbocycles. The molecule has 0 saturated heterocycles. The molecule has 0 spiro atoms. The third kappa shape index (κ3) is 3.42. The summed E-state index contributed by atoms with van der Waals surface area (Å²) in [6, 6.07) is 8.81. The number of nitrogens with zero attached hydrogens (tertiary/aromatic N) is 1. The van der Waals surface area contributed by atoms with Gasteiger partial charge in [0.2, 0.25) is 0 Å². The van der Waals surface area contributed by atoms with Gasteiger partial charge in [-0.1, -0.05) is 12.1 Å². The van der Waals surface area contributed by atoms with Crippen molar-refractivity contribution in [1.82, 2.24) is 9.88 Å². The molecular weight excluding hydrogens is 320 g/mol. The van der Waals surface area contributed by atoms with Gasteiger partial charge in [0.1, 0.15) is 11.4 Å². The Morgan fingerprint density at radius 1 is 1.35 bits per heavy atom. The van der Waals surface area contributed by atoms with Crippen molar-refractivity contribution in [3.05, 3.63) is 52.3 Å². The third-order valence-corrected chi connectivity index (χ3v) is 3.43. The Morgan fingerprint density at radius 3 is 2.60 bits per heavy atom. The predicted octanol–water partition coefficient (Wildman–Crippen LogP) is 3.47. The number of aromatic nitrogens is 1. The Hall–Kier alpha value is -1.75. The SMILES string of the molecule is CC(C)n1cc(Br)cc1C(=O)NCc1ccc(O)cc1. The standard InChI is InChI=1S/C15H17BrN2O2/c1-10(2)18-9-12(16)7-14(18)15(20)17-8-11-3-5-13(19)6-4-11/h3-7,9-10,19H,8H2,1-2H3,(H,17,20). The van der Waals surface area contributed by atoms with Crippen LogP contribution in [-0.4, -0.2) is 15.6 Å². The number of hydrogen-bond donors (Lipinski definition) is 2. The second-order valence-electron chi connectivity index (χ2n) is 4.89. The molecule has 1 aromatic carbocycles. The summed E-state index contributed by atoms with van der Waals surface area (Å²) >= 11 is 3.39. The zero-order valence-electron chi connectivity index (χ0n) is 11.4. The number of carbonyl (C=O) groups is 1. The lowest BCUT2D eigenvalue weighted by Crippen LogP contribution is -2.25. The van der Waals surface area contributed by atoms with Gasteiger partial charge in [0.05, 0.1) is 0 Å². The quantitative estimate of drug-likeness (QED) is 0.898. The van der Waals surface area contributed by atoms with E-state index in [9.17, 15) is 9.90 Å². The van der Waals surface area contributed by atoms with Crippen LogP contribution in [0.5, 0.6) is 5.75 Å². The Bertz CT molecular complexity index is 603. The number of halogens is 1. The lowest BCUT2D eigenvalue weighted by Gasteiger charge is -2.12. The van der Waals surface area contributed by atoms with E-state index < -0.39 is 0 Å². The summed E-state index contributed by atoms with van der Waals surface area (Å²) in [6.45, 7) is 4.49. The molecule has 0 bridgehead atoms. The molecule has 0 saturated carbocycles. The lowest BCUT2D eigenvalue weighted by molar-refractivity contribution is 0.0940. The molecule has 106 valence electrons. The Morgan fingerprint density at radius 2 is 2.00 bits per heavy atom. The smallest absolute Gasteiger partial charge is 0.268 e. The molecule has 0 unspecified atom stereocenters. The fourth-order valence-electron chi connectivity index (χ4n) is 1.94. The van der Waals surface area contributed by atoms with Crippen molar-refractivity contribution in [3.63, 3.8) is 0 Å². The van der Waals surface area contributed by atoms with Gasteiger partial charge in [-0.15, -0.1) is 0 Å². The van der Waals surface area contributed by atoms with Crippen LogP contribution in [0, 0.1) is 0 Å². The van der Waals surface area contributed by atoms with Crippen LogP contribution in [0.25, 0.3) is 0 Å². The van der Waals surface area contributed by atoms with E-state index >= 15 is 0 Å². The zero-order chi connectivity index (χ0) is 14.7. The van der Waals surface area contributed by atoms with Crippen LogP contribution in [-0.2, 0) is 6.54 Å². The number of nitrogens with one attached hydrogen (secondary N) is 1. The minimum absolute atomic E-state index is 0.113. The largest absolute Gasteiger partial charge is 0.508 e. The lowest BCUT2D eigenvalue weighted by atomic mass is 10.2. The number of aromatic hydroxyl groups is 1. The summed E-state index contributed by atoms with van der Waals surface area (Å²) in [6.07, 6.45) is 1.90. The average Bonchev–Trinajstić information content (AvgIpc) is 2.80. The normalized spacial score (nSPS) is 10.8. The fraction of sp³-hybridized carbons (Fsp3) is 0.267. The van der Waals surface area contributed by atoms with Crippen molar-refractivity contribution < 1.29 is 9.90 Å². The number of carbonyl (C=O) groups excluding carboxylic acids is 1. The van der Waals surface area contributed by atoms with Gasteiger partial charge in [-0.3, -0.25) is 4.79 Å². The molecule has 5 heteroatoms. The molecule has 20 heavy (non-hydrogen) atoms. The first kappa shape index (κ1) is 14.7. The number of phenolic OH excluding ortho intramolecular Hbond substituents is 1. The Balaban J connectivity index is 2.07. The topological polar surface area (TPSA) is 54.3 Å². The second kappa shape index (κ2) is 6.13. The van der Waals surface area contributed by atoms with Gasteiger partial charge >= 0.3 is 0 Å². The molecule has 0 radical (unpaired) electrons. The number of phenols is 1. The van der Waals surface area contributed by atoms with E-state index in [1.165, 1.54) is 0 Å². The molecular formula is C15H17BrN2O2. The van der Waals surface area contributed by atoms with Gasteiger partial charge in [0.25, 0.3) is 5.91 Å². The number of benzene rings is 1. The maximum absolute atomic E-state index is 12.2. The van der Waals surface area contributed by atoms with Crippen molar-refractivity contribution >= 4 is 21.8 Å². The van der Waals surface area contributed by atoms with Crippen molar-refractivity contribution in [1.29, 1.82) is 0 Å². The summed E-state index contributed by atoms with van der Waals surface area (Å²) in [7, 11) is 0. The molecule has 2 aromatic rings. The highest BCUT2D eigenvalue weighted by Gasteiger charge is 2.14. The van der Waals surface area contributed by atoms with Gasteiger partial charge < -0.3 is 15.0 Å². The van der Waals surface area contributed by atoms with Gasteiger partial charge in [-0.25, -0.2) is 0 Å². The van der Waals surface area contributed by atoms with Crippen LogP contribution >= 0.6 is 15.9 Å². The van der Waals surface area contributed by atoms with E-state index in [0.717, 1.165) is 10.0 Å². The first-order valence-electron chi connectivity index (χ1n) is 6.41. The highest BCUT2D eigenvalue weighted by Crippen LogP contribution is 2.19. The first-order valence-corrected chi connectivity index (χ1v) is 7.20. The van der Waals surface area contributed by atoms with Crippen molar-refractivity contribution in [2.45, 2.75) is 26.4 Å². The predicted molar refractivity (Wildman–Crippen MR) is 81.8 cm³/mol. The molecule has 0 aliphatic rings. The van der Waals surface area contributed by atoms with Crippen LogP contribution in [0.1, 0.15) is 35.9 Å². The van der Waals surface area contributed by atoms with E-state index in [4.69, 9.17) is 0 Å². The Labute approximate surface area is 126 Å². The summed E-state index contributed by atoms with van der Waals surface area (Å²) < 4.78 is 2.82. The van der Waals surface area contributed by atoms with E-state index in [-0.39, 0.29) is 17.7 Å². The van der Waals surface area contributed by atoms with Crippen LogP contribution in [0.4, 0.5) is 0 Å². The zero-order valence-corrected chi connectivity index (χ0v) is 13.0. The molecule has 0 aliphatic heterocycles. The number of rotatable bonds is 4.